The van der Waals surface area contributed by atoms with E-state index in [1.165, 1.54) is 11.8 Å². The van der Waals surface area contributed by atoms with Gasteiger partial charge in [-0.05, 0) is 38.4 Å². The van der Waals surface area contributed by atoms with Crippen LogP contribution >= 0.6 is 23.5 Å². The summed E-state index contributed by atoms with van der Waals surface area (Å²) in [4.78, 5) is 48.2. The van der Waals surface area contributed by atoms with E-state index in [9.17, 15) is 19.2 Å². The first-order valence-corrected chi connectivity index (χ1v) is 12.2. The molecule has 1 saturated carbocycles. The number of nitrogens with one attached hydrogen (secondary N) is 4. The van der Waals surface area contributed by atoms with Crippen molar-refractivity contribution in [2.75, 3.05) is 18.9 Å². The summed E-state index contributed by atoms with van der Waals surface area (Å²) >= 11 is 3.06. The third-order valence-corrected chi connectivity index (χ3v) is 8.24. The van der Waals surface area contributed by atoms with Crippen LogP contribution in [0.2, 0.25) is 0 Å². The molecule has 0 spiro atoms. The molecule has 30 heavy (non-hydrogen) atoms. The van der Waals surface area contributed by atoms with Crippen molar-refractivity contribution in [1.82, 2.24) is 21.3 Å². The van der Waals surface area contributed by atoms with Crippen LogP contribution in [0.4, 0.5) is 4.79 Å². The van der Waals surface area contributed by atoms with E-state index < -0.39 is 23.3 Å². The summed E-state index contributed by atoms with van der Waals surface area (Å²) < 4.78 is 4.75. The van der Waals surface area contributed by atoms with Crippen molar-refractivity contribution in [2.24, 2.45) is 11.7 Å². The van der Waals surface area contributed by atoms with E-state index in [0.29, 0.717) is 6.42 Å². The lowest BCUT2D eigenvalue weighted by molar-refractivity contribution is -0.125. The Bertz CT molecular complexity index is 681. The molecule has 0 aromatic rings. The van der Waals surface area contributed by atoms with E-state index in [0.717, 1.165) is 25.0 Å². The molecule has 3 fully saturated rings. The lowest BCUT2D eigenvalue weighted by Gasteiger charge is -2.31. The van der Waals surface area contributed by atoms with Crippen LogP contribution in [0.15, 0.2) is 0 Å². The smallest absolute Gasteiger partial charge is 0.413 e. The predicted octanol–water partition coefficient (Wildman–Crippen LogP) is -0.518. The fourth-order valence-corrected chi connectivity index (χ4v) is 6.89. The standard InChI is InChI=1S/C18H29N5O5S2/c1-2-28-18(27)23-14(25)10-5-6-29-16(10)22-15(26)17-21-11-4-3-9(7-12(11)30-17)20-13(24)8-19/h9-12,16-17,21H,2-8,19H2,1H3,(H,20,24)(H,22,26)(H,23,25,27). The molecule has 0 aromatic heterocycles. The van der Waals surface area contributed by atoms with Gasteiger partial charge in [-0.25, -0.2) is 4.79 Å². The second-order valence-corrected chi connectivity index (χ2v) is 10.1. The Morgan fingerprint density at radius 3 is 2.67 bits per heavy atom. The van der Waals surface area contributed by atoms with Gasteiger partial charge < -0.3 is 21.1 Å². The number of carbonyl (C=O) groups excluding carboxylic acids is 4. The van der Waals surface area contributed by atoms with Crippen molar-refractivity contribution in [2.45, 2.75) is 60.7 Å². The molecule has 168 valence electrons. The maximum Gasteiger partial charge on any atom is 0.413 e. The summed E-state index contributed by atoms with van der Waals surface area (Å²) in [6.45, 7) is 1.82. The van der Waals surface area contributed by atoms with Crippen LogP contribution < -0.4 is 27.0 Å². The minimum Gasteiger partial charge on any atom is -0.450 e. The van der Waals surface area contributed by atoms with Crippen LogP contribution in [0, 0.1) is 5.92 Å². The quantitative estimate of drug-likeness (QED) is 0.353. The van der Waals surface area contributed by atoms with Crippen molar-refractivity contribution in [3.63, 3.8) is 0 Å². The number of thioether (sulfide) groups is 2. The van der Waals surface area contributed by atoms with Crippen LogP contribution in [0.3, 0.4) is 0 Å². The summed E-state index contributed by atoms with van der Waals surface area (Å²) in [5, 5.41) is 11.0. The van der Waals surface area contributed by atoms with Gasteiger partial charge in [0.05, 0.1) is 24.4 Å². The molecule has 3 aliphatic rings. The molecule has 2 saturated heterocycles. The first-order chi connectivity index (χ1) is 14.4. The van der Waals surface area contributed by atoms with Crippen LogP contribution in [-0.2, 0) is 19.1 Å². The van der Waals surface area contributed by atoms with Crippen molar-refractivity contribution in [1.29, 1.82) is 0 Å². The molecule has 0 radical (unpaired) electrons. The van der Waals surface area contributed by atoms with Gasteiger partial charge >= 0.3 is 6.09 Å². The van der Waals surface area contributed by atoms with Crippen LogP contribution in [0.25, 0.3) is 0 Å². The fraction of sp³-hybridized carbons (Fsp3) is 0.778. The Hall–Kier alpha value is -1.50. The van der Waals surface area contributed by atoms with Crippen LogP contribution in [-0.4, -0.2) is 70.8 Å². The Kier molecular flexibility index (Phi) is 8.26. The van der Waals surface area contributed by atoms with Gasteiger partial charge in [-0.1, -0.05) is 0 Å². The number of amides is 4. The molecule has 6 unspecified atom stereocenters. The van der Waals surface area contributed by atoms with Crippen LogP contribution in [0.1, 0.15) is 32.6 Å². The normalized spacial score (nSPS) is 32.7. The highest BCUT2D eigenvalue weighted by Crippen LogP contribution is 2.38. The van der Waals surface area contributed by atoms with Gasteiger partial charge in [-0.2, -0.15) is 0 Å². The molecule has 0 aromatic carbocycles. The second-order valence-electron chi connectivity index (χ2n) is 7.51. The Morgan fingerprint density at radius 2 is 1.93 bits per heavy atom. The Balaban J connectivity index is 1.49. The molecule has 6 atom stereocenters. The van der Waals surface area contributed by atoms with Gasteiger partial charge in [0.15, 0.2) is 0 Å². The number of carbonyl (C=O) groups is 4. The first-order valence-electron chi connectivity index (χ1n) is 10.2. The van der Waals surface area contributed by atoms with Gasteiger partial charge in [-0.3, -0.25) is 25.0 Å². The van der Waals surface area contributed by atoms with Crippen LogP contribution in [0.5, 0.6) is 0 Å². The number of hydrogen-bond acceptors (Lipinski definition) is 9. The number of ether oxygens (including phenoxy) is 1. The largest absolute Gasteiger partial charge is 0.450 e. The van der Waals surface area contributed by atoms with E-state index >= 15 is 0 Å². The van der Waals surface area contributed by atoms with Gasteiger partial charge in [0.2, 0.25) is 17.7 Å². The summed E-state index contributed by atoms with van der Waals surface area (Å²) in [5.74, 6) is -0.500. The van der Waals surface area contributed by atoms with Gasteiger partial charge in [0.1, 0.15) is 5.37 Å². The van der Waals surface area contributed by atoms with Crippen molar-refractivity contribution < 1.29 is 23.9 Å². The van der Waals surface area contributed by atoms with Crippen molar-refractivity contribution in [3.8, 4) is 0 Å². The Labute approximate surface area is 183 Å². The molecule has 2 aliphatic heterocycles. The zero-order valence-electron chi connectivity index (χ0n) is 16.8. The first kappa shape index (κ1) is 23.2. The lowest BCUT2D eigenvalue weighted by Crippen LogP contribution is -2.50. The zero-order valence-corrected chi connectivity index (χ0v) is 18.5. The van der Waals surface area contributed by atoms with Crippen molar-refractivity contribution >= 4 is 47.3 Å². The fourth-order valence-electron chi connectivity index (χ4n) is 4.01. The molecular formula is C18H29N5O5S2. The zero-order chi connectivity index (χ0) is 21.7. The highest BCUT2D eigenvalue weighted by atomic mass is 32.2. The minimum atomic E-state index is -0.766. The monoisotopic (exact) mass is 459 g/mol. The number of alkyl carbamates (subject to hydrolysis) is 1. The number of nitrogens with two attached hydrogens (primary N) is 1. The molecule has 3 rings (SSSR count). The molecular weight excluding hydrogens is 430 g/mol. The van der Waals surface area contributed by atoms with Gasteiger partial charge in [0, 0.05) is 17.3 Å². The lowest BCUT2D eigenvalue weighted by atomic mass is 9.90. The highest BCUT2D eigenvalue weighted by molar-refractivity contribution is 8.01. The van der Waals surface area contributed by atoms with Gasteiger partial charge in [0.25, 0.3) is 0 Å². The SMILES string of the molecule is CCOC(=O)NC(=O)C1CCSC1NC(=O)C1NC2CCC(NC(=O)CN)CC2S1. The Morgan fingerprint density at radius 1 is 1.13 bits per heavy atom. The van der Waals surface area contributed by atoms with E-state index in [1.807, 2.05) is 0 Å². The average Bonchev–Trinajstić information content (AvgIpc) is 3.34. The number of rotatable bonds is 6. The molecule has 4 amide bonds. The molecule has 2 heterocycles. The van der Waals surface area contributed by atoms with Gasteiger partial charge in [-0.15, -0.1) is 23.5 Å². The number of imide groups is 1. The van der Waals surface area contributed by atoms with Crippen molar-refractivity contribution in [3.05, 3.63) is 0 Å². The summed E-state index contributed by atoms with van der Waals surface area (Å²) in [7, 11) is 0. The third-order valence-electron chi connectivity index (χ3n) is 5.47. The van der Waals surface area contributed by atoms with E-state index in [2.05, 4.69) is 21.3 Å². The maximum absolute atomic E-state index is 12.8. The summed E-state index contributed by atoms with van der Waals surface area (Å²) in [5.41, 5.74) is 5.37. The maximum atomic E-state index is 12.8. The molecule has 0 bridgehead atoms. The topological polar surface area (TPSA) is 152 Å². The van der Waals surface area contributed by atoms with E-state index in [4.69, 9.17) is 10.5 Å². The minimum absolute atomic E-state index is 0.0228. The molecule has 10 nitrogen and oxygen atoms in total. The third kappa shape index (κ3) is 5.80. The second kappa shape index (κ2) is 10.7. The summed E-state index contributed by atoms with van der Waals surface area (Å²) in [6, 6.07) is 0.302. The van der Waals surface area contributed by atoms with E-state index in [1.54, 1.807) is 18.7 Å². The number of fused-ring (bicyclic) bond motifs is 1. The predicted molar refractivity (Wildman–Crippen MR) is 115 cm³/mol. The summed E-state index contributed by atoms with van der Waals surface area (Å²) in [6.07, 6.45) is 2.33. The molecule has 12 heteroatoms. The van der Waals surface area contributed by atoms with E-state index in [-0.39, 0.29) is 47.7 Å². The molecule has 6 N–H and O–H groups in total. The number of hydrogen-bond donors (Lipinski definition) is 5. The average molecular weight is 460 g/mol. The molecule has 1 aliphatic carbocycles. The highest BCUT2D eigenvalue weighted by Gasteiger charge is 2.43.